The highest BCUT2D eigenvalue weighted by Gasteiger charge is 2.18. The molecule has 770 valence electrons. The molecule has 0 spiro atoms. The van der Waals surface area contributed by atoms with E-state index >= 15 is 0 Å². The lowest BCUT2D eigenvalue weighted by molar-refractivity contribution is -0.132. The summed E-state index contributed by atoms with van der Waals surface area (Å²) >= 11 is 0. The molecule has 0 saturated carbocycles. The van der Waals surface area contributed by atoms with Gasteiger partial charge in [-0.15, -0.1) is 0 Å². The first-order chi connectivity index (χ1) is 66.2. The Morgan fingerprint density at radius 2 is 0.261 bits per heavy atom. The Morgan fingerprint density at radius 3 is 0.366 bits per heavy atom. The topological polar surface area (TPSA) is 130 Å². The van der Waals surface area contributed by atoms with Crippen molar-refractivity contribution in [3.8, 4) is 34.5 Å². The highest BCUT2D eigenvalue weighted by molar-refractivity contribution is 5.88. The summed E-state index contributed by atoms with van der Waals surface area (Å²) in [6.45, 7) is 17.1. The number of benzene rings is 3. The van der Waals surface area contributed by atoms with E-state index in [4.69, 9.17) is 28.4 Å². The fourth-order valence-corrected chi connectivity index (χ4v) is 18.9. The van der Waals surface area contributed by atoms with Crippen molar-refractivity contribution in [2.75, 3.05) is 39.6 Å². The molecule has 10 heteroatoms. The Labute approximate surface area is 828 Å². The van der Waals surface area contributed by atoms with Crippen molar-refractivity contribution in [1.82, 2.24) is 0 Å². The molecule has 134 heavy (non-hydrogen) atoms. The van der Waals surface area contributed by atoms with Crippen molar-refractivity contribution in [1.29, 1.82) is 0 Å². The van der Waals surface area contributed by atoms with Gasteiger partial charge in [-0.2, -0.15) is 0 Å². The monoisotopic (exact) mass is 1860 g/mol. The summed E-state index contributed by atoms with van der Waals surface area (Å²) in [6, 6.07) is 12.5. The van der Waals surface area contributed by atoms with Gasteiger partial charge in [-0.1, -0.05) is 567 Å². The van der Waals surface area contributed by atoms with Gasteiger partial charge in [0.15, 0.2) is 0 Å². The molecule has 0 unspecified atom stereocenters. The molecule has 0 saturated heterocycles. The minimum absolute atomic E-state index is 0.535. The van der Waals surface area contributed by atoms with Crippen LogP contribution in [0.3, 0.4) is 0 Å². The van der Waals surface area contributed by atoms with Gasteiger partial charge in [0.1, 0.15) is 34.5 Å². The summed E-state index contributed by atoms with van der Waals surface area (Å²) in [5.74, 6) is 2.19. The molecule has 0 fully saturated rings. The predicted molar refractivity (Wildman–Crippen MR) is 585 cm³/mol. The Kier molecular flexibility index (Phi) is 86.8. The first kappa shape index (κ1) is 123. The standard InChI is InChI=1S/C124H214O10/c1-7-13-19-25-31-37-43-49-55-61-67-73-79-85-99-129-117-105-112(92-94-114-108-122(134-104-90-84-78-72-66-60-54-48-42-36-30-24-18-12-6)116(96-98-124(127)128)110-120(114)132-102-88-82-76-70-64-58-52-46-40-34-28-22-16-10-4)118(130-100-86-80-74-68-62-56-50-44-38-32-26-20-14-8-2)106-111(117)91-93-113-107-121(133-103-89-83-77-71-65-59-53-47-41-35-29-23-17-11-5)115(95-97-123(125)126)109-119(113)131-101-87-81-75-69-63-57-51-45-39-33-27-21-15-9-3/h91-98,105-110H,7-90,99-104H2,1-6H3,(H,125,126)(H,127,128)/b93-91+,94-92+,97-95+,98-96+. The minimum atomic E-state index is -1.00. The zero-order chi connectivity index (χ0) is 95.9. The second kappa shape index (κ2) is 94.9. The Bertz CT molecular complexity index is 3020. The van der Waals surface area contributed by atoms with E-state index in [0.717, 1.165) is 111 Å². The normalized spacial score (nSPS) is 11.8. The molecule has 0 aromatic heterocycles. The van der Waals surface area contributed by atoms with Crippen LogP contribution < -0.4 is 28.4 Å². The Balaban J connectivity index is 2.21. The zero-order valence-electron chi connectivity index (χ0n) is 88.9. The fraction of sp³-hybridized carbons (Fsp3) is 0.774. The maximum Gasteiger partial charge on any atom is 0.328 e. The third kappa shape index (κ3) is 73.5. The van der Waals surface area contributed by atoms with Crippen LogP contribution in [0.4, 0.5) is 0 Å². The third-order valence-corrected chi connectivity index (χ3v) is 27.7. The number of rotatable bonds is 104. The summed E-state index contributed by atoms with van der Waals surface area (Å²) in [7, 11) is 0. The smallest absolute Gasteiger partial charge is 0.328 e. The van der Waals surface area contributed by atoms with Gasteiger partial charge in [0.25, 0.3) is 0 Å². The Hall–Kier alpha value is -5.64. The van der Waals surface area contributed by atoms with E-state index in [1.54, 1.807) is 12.2 Å². The third-order valence-electron chi connectivity index (χ3n) is 27.7. The van der Waals surface area contributed by atoms with Gasteiger partial charge in [0.05, 0.1) is 39.6 Å². The fourth-order valence-electron chi connectivity index (χ4n) is 18.9. The molecule has 0 atom stereocenters. The molecule has 3 aromatic carbocycles. The lowest BCUT2D eigenvalue weighted by Gasteiger charge is -2.17. The second-order valence-electron chi connectivity index (χ2n) is 40.5. The summed E-state index contributed by atoms with van der Waals surface area (Å²) in [5.41, 5.74) is 4.89. The quantitative estimate of drug-likeness (QED) is 0.0320. The van der Waals surface area contributed by atoms with Crippen LogP contribution in [0.1, 0.15) is 614 Å². The van der Waals surface area contributed by atoms with Gasteiger partial charge < -0.3 is 38.6 Å². The number of aliphatic carboxylic acids is 2. The molecule has 0 heterocycles. The molecule has 10 nitrogen and oxygen atoms in total. The molecule has 0 aliphatic carbocycles. The van der Waals surface area contributed by atoms with Crippen LogP contribution in [0.25, 0.3) is 36.5 Å². The molecular weight excluding hydrogens is 1650 g/mol. The molecular formula is C124H214O10. The molecule has 0 aliphatic rings. The van der Waals surface area contributed by atoms with E-state index in [0.29, 0.717) is 73.8 Å². The van der Waals surface area contributed by atoms with Gasteiger partial charge >= 0.3 is 11.9 Å². The van der Waals surface area contributed by atoms with Crippen molar-refractivity contribution < 1.29 is 48.2 Å². The van der Waals surface area contributed by atoms with Gasteiger partial charge in [-0.05, 0) is 87.1 Å². The van der Waals surface area contributed by atoms with Crippen molar-refractivity contribution in [2.45, 2.75) is 581 Å². The van der Waals surface area contributed by atoms with Crippen LogP contribution in [-0.4, -0.2) is 61.8 Å². The molecule has 0 aliphatic heterocycles. The number of carbonyl (C=O) groups is 2. The van der Waals surface area contributed by atoms with Crippen molar-refractivity contribution in [3.63, 3.8) is 0 Å². The first-order valence-corrected chi connectivity index (χ1v) is 58.7. The number of carboxylic acid groups (broad SMARTS) is 2. The number of unbranched alkanes of at least 4 members (excludes halogenated alkanes) is 78. The largest absolute Gasteiger partial charge is 0.493 e. The maximum absolute atomic E-state index is 12.4. The van der Waals surface area contributed by atoms with Crippen molar-refractivity contribution in [2.24, 2.45) is 0 Å². The van der Waals surface area contributed by atoms with Crippen LogP contribution >= 0.6 is 0 Å². The number of hydrogen-bond acceptors (Lipinski definition) is 8. The van der Waals surface area contributed by atoms with Gasteiger partial charge in [-0.25, -0.2) is 9.59 Å². The summed E-state index contributed by atoms with van der Waals surface area (Å²) in [6.07, 6.45) is 122. The second-order valence-corrected chi connectivity index (χ2v) is 40.5. The Morgan fingerprint density at radius 1 is 0.164 bits per heavy atom. The first-order valence-electron chi connectivity index (χ1n) is 58.7. The molecule has 0 radical (unpaired) electrons. The van der Waals surface area contributed by atoms with Crippen LogP contribution in [0.15, 0.2) is 48.6 Å². The number of carboxylic acids is 2. The van der Waals surface area contributed by atoms with Gasteiger partial charge in [0, 0.05) is 45.5 Å². The number of ether oxygens (including phenoxy) is 6. The van der Waals surface area contributed by atoms with Crippen molar-refractivity contribution in [3.05, 3.63) is 81.9 Å². The molecule has 2 N–H and O–H groups in total. The van der Waals surface area contributed by atoms with E-state index in [1.165, 1.54) is 474 Å². The van der Waals surface area contributed by atoms with E-state index in [9.17, 15) is 19.8 Å². The summed E-state index contributed by atoms with van der Waals surface area (Å²) in [4.78, 5) is 24.7. The number of hydrogen-bond donors (Lipinski definition) is 2. The van der Waals surface area contributed by atoms with Crippen molar-refractivity contribution >= 4 is 48.4 Å². The average Bonchev–Trinajstić information content (AvgIpc) is 0.809. The highest BCUT2D eigenvalue weighted by Crippen LogP contribution is 2.39. The minimum Gasteiger partial charge on any atom is -0.493 e. The van der Waals surface area contributed by atoms with Crippen LogP contribution in [-0.2, 0) is 9.59 Å². The van der Waals surface area contributed by atoms with Gasteiger partial charge in [-0.3, -0.25) is 0 Å². The lowest BCUT2D eigenvalue weighted by Crippen LogP contribution is -2.04. The van der Waals surface area contributed by atoms with E-state index in [-0.39, 0.29) is 0 Å². The SMILES string of the molecule is CCCCCCCCCCCCCCCCOc1cc(/C=C/c2cc(OCCCCCCCCCCCCCCCC)c(/C=C/c3cc(OCCCCCCCCCCCCCCCC)c(/C=C/C(=O)O)cc3OCCCCCCCCCCCCCCCC)cc2OCCCCCCCCCCCCCCCC)c(OCCCCCCCCCCCCCCCC)cc1/C=C/C(=O)O. The van der Waals surface area contributed by atoms with Crippen LogP contribution in [0, 0.1) is 0 Å². The molecule has 3 rings (SSSR count). The lowest BCUT2D eigenvalue weighted by atomic mass is 10.0. The van der Waals surface area contributed by atoms with E-state index < -0.39 is 11.9 Å². The van der Waals surface area contributed by atoms with Gasteiger partial charge in [0.2, 0.25) is 0 Å². The van der Waals surface area contributed by atoms with E-state index in [2.05, 4.69) is 90.1 Å². The highest BCUT2D eigenvalue weighted by atomic mass is 16.5. The average molecular weight is 1870 g/mol. The van der Waals surface area contributed by atoms with Crippen LogP contribution in [0.2, 0.25) is 0 Å². The summed E-state index contributed by atoms with van der Waals surface area (Å²) < 4.78 is 41.6. The molecule has 0 amide bonds. The zero-order valence-corrected chi connectivity index (χ0v) is 88.9. The van der Waals surface area contributed by atoms with Crippen LogP contribution in [0.5, 0.6) is 34.5 Å². The predicted octanol–water partition coefficient (Wildman–Crippen LogP) is 41.4. The molecule has 0 bridgehead atoms. The molecule has 3 aromatic rings. The van der Waals surface area contributed by atoms with E-state index in [1.807, 2.05) is 12.1 Å². The summed E-state index contributed by atoms with van der Waals surface area (Å²) in [5, 5.41) is 20.2. The maximum atomic E-state index is 12.4.